The molecule has 54 heavy (non-hydrogen) atoms. The molecule has 0 radical (unpaired) electrons. The first-order valence-corrected chi connectivity index (χ1v) is 20.8. The van der Waals surface area contributed by atoms with Crippen LogP contribution in [-0.2, 0) is 33.3 Å². The van der Waals surface area contributed by atoms with Crippen molar-refractivity contribution in [2.75, 3.05) is 52.7 Å². The van der Waals surface area contributed by atoms with Gasteiger partial charge in [-0.05, 0) is 118 Å². The highest BCUT2D eigenvalue weighted by Crippen LogP contribution is 2.43. The van der Waals surface area contributed by atoms with E-state index < -0.39 is 5.60 Å². The first-order valence-electron chi connectivity index (χ1n) is 20.8. The summed E-state index contributed by atoms with van der Waals surface area (Å²) < 4.78 is 30.9. The molecule has 6 unspecified atom stereocenters. The number of esters is 2. The van der Waals surface area contributed by atoms with Gasteiger partial charge in [0.25, 0.3) is 0 Å². The maximum Gasteiger partial charge on any atom is 0.333 e. The number of nitrogens with one attached hydrogen (secondary N) is 2. The van der Waals surface area contributed by atoms with E-state index in [-0.39, 0.29) is 57.7 Å². The molecule has 0 spiro atoms. The van der Waals surface area contributed by atoms with Crippen molar-refractivity contribution < 1.29 is 33.3 Å². The lowest BCUT2D eigenvalue weighted by molar-refractivity contribution is -0.141. The van der Waals surface area contributed by atoms with Crippen LogP contribution >= 0.6 is 0 Å². The average molecular weight is 767 g/mol. The van der Waals surface area contributed by atoms with Crippen LogP contribution < -0.4 is 10.6 Å². The van der Waals surface area contributed by atoms with Crippen LogP contribution in [0.1, 0.15) is 149 Å². The molecule has 2 N–H and O–H groups in total. The standard InChI is InChI=1S/C45H86N2O7/c1-19-23-53-44(18,21-3)31-45(22-4,32-50-27-36(10)42(14,15)46-24-35(9)26-51-39(48)33(5)6)30-41(12,13)54-28-37(11)43(16,17)47-25-38(20-2)29-52-40(49)34(7)8/h35-38,46-47H,5,7,19-32H2,1-4,6,8-18H3. The van der Waals surface area contributed by atoms with Crippen LogP contribution in [0.25, 0.3) is 0 Å². The van der Waals surface area contributed by atoms with Crippen LogP contribution in [0.2, 0.25) is 0 Å². The van der Waals surface area contributed by atoms with Crippen molar-refractivity contribution in [2.24, 2.45) is 29.1 Å². The zero-order valence-electron chi connectivity index (χ0n) is 38.0. The fourth-order valence-corrected chi connectivity index (χ4v) is 6.34. The van der Waals surface area contributed by atoms with Gasteiger partial charge < -0.3 is 34.3 Å². The Labute approximate surface area is 332 Å². The highest BCUT2D eigenvalue weighted by Gasteiger charge is 2.43. The molecule has 0 aliphatic heterocycles. The molecule has 9 heteroatoms. The van der Waals surface area contributed by atoms with Gasteiger partial charge in [-0.1, -0.05) is 61.6 Å². The second-order valence-electron chi connectivity index (χ2n) is 18.6. The average Bonchev–Trinajstić information content (AvgIpc) is 3.10. The molecular weight excluding hydrogens is 681 g/mol. The van der Waals surface area contributed by atoms with Crippen LogP contribution in [-0.4, -0.2) is 86.9 Å². The summed E-state index contributed by atoms with van der Waals surface area (Å²) in [5, 5.41) is 7.43. The van der Waals surface area contributed by atoms with E-state index in [9.17, 15) is 9.59 Å². The summed E-state index contributed by atoms with van der Waals surface area (Å²) in [6.07, 6.45) is 5.47. The predicted molar refractivity (Wildman–Crippen MR) is 225 cm³/mol. The minimum atomic E-state index is -0.401. The number of hydrogen-bond acceptors (Lipinski definition) is 9. The van der Waals surface area contributed by atoms with E-state index in [4.69, 9.17) is 23.7 Å². The fraction of sp³-hybridized carbons (Fsp3) is 0.867. The Morgan fingerprint density at radius 1 is 0.667 bits per heavy atom. The fourth-order valence-electron chi connectivity index (χ4n) is 6.34. The molecule has 0 aliphatic carbocycles. The lowest BCUT2D eigenvalue weighted by Crippen LogP contribution is -2.50. The Morgan fingerprint density at radius 2 is 1.19 bits per heavy atom. The molecule has 6 atom stereocenters. The second-order valence-corrected chi connectivity index (χ2v) is 18.6. The van der Waals surface area contributed by atoms with Crippen molar-refractivity contribution in [1.82, 2.24) is 10.6 Å². The monoisotopic (exact) mass is 767 g/mol. The van der Waals surface area contributed by atoms with Crippen LogP contribution in [0, 0.1) is 29.1 Å². The SMILES string of the molecule is C=C(C)C(=O)OCC(C)CNC(C)(C)C(C)COCC(CC)(CC(C)(C)OCC(C)C(C)(C)NCC(CC)COC(=O)C(=C)C)CC(C)(CC)OCCC. The van der Waals surface area contributed by atoms with E-state index in [0.717, 1.165) is 58.2 Å². The van der Waals surface area contributed by atoms with Gasteiger partial charge in [0.15, 0.2) is 0 Å². The van der Waals surface area contributed by atoms with E-state index in [0.29, 0.717) is 44.2 Å². The maximum atomic E-state index is 11.9. The van der Waals surface area contributed by atoms with Gasteiger partial charge in [-0.2, -0.15) is 0 Å². The van der Waals surface area contributed by atoms with E-state index in [1.54, 1.807) is 13.8 Å². The van der Waals surface area contributed by atoms with Crippen LogP contribution in [0.5, 0.6) is 0 Å². The lowest BCUT2D eigenvalue weighted by atomic mass is 9.69. The third-order valence-electron chi connectivity index (χ3n) is 11.6. The molecule has 0 saturated heterocycles. The molecule has 0 aromatic heterocycles. The third-order valence-corrected chi connectivity index (χ3v) is 11.6. The Kier molecular flexibility index (Phi) is 23.3. The van der Waals surface area contributed by atoms with Gasteiger partial charge in [-0.25, -0.2) is 9.59 Å². The molecule has 0 rings (SSSR count). The van der Waals surface area contributed by atoms with Gasteiger partial charge in [0.05, 0.1) is 44.2 Å². The maximum absolute atomic E-state index is 11.9. The molecule has 0 fully saturated rings. The Balaban J connectivity index is 5.74. The molecule has 0 aromatic carbocycles. The molecule has 0 aliphatic rings. The number of carbonyl (C=O) groups is 2. The van der Waals surface area contributed by atoms with Crippen molar-refractivity contribution in [1.29, 1.82) is 0 Å². The minimum Gasteiger partial charge on any atom is -0.462 e. The summed E-state index contributed by atoms with van der Waals surface area (Å²) in [6.45, 7) is 46.4. The Hall–Kier alpha value is -1.78. The minimum absolute atomic E-state index is 0.159. The van der Waals surface area contributed by atoms with E-state index in [1.165, 1.54) is 0 Å². The summed E-state index contributed by atoms with van der Waals surface area (Å²) in [5.74, 6) is 0.167. The first-order chi connectivity index (χ1) is 24.8. The Morgan fingerprint density at radius 3 is 1.67 bits per heavy atom. The summed E-state index contributed by atoms with van der Waals surface area (Å²) in [4.78, 5) is 23.8. The van der Waals surface area contributed by atoms with E-state index >= 15 is 0 Å². The number of ether oxygens (including phenoxy) is 5. The highest BCUT2D eigenvalue weighted by molar-refractivity contribution is 5.87. The largest absolute Gasteiger partial charge is 0.462 e. The summed E-state index contributed by atoms with van der Waals surface area (Å²) in [7, 11) is 0. The molecule has 0 amide bonds. The first kappa shape index (κ1) is 52.2. The lowest BCUT2D eigenvalue weighted by Gasteiger charge is -2.45. The van der Waals surface area contributed by atoms with E-state index in [2.05, 4.69) is 121 Å². The van der Waals surface area contributed by atoms with Crippen molar-refractivity contribution in [3.8, 4) is 0 Å². The van der Waals surface area contributed by atoms with Crippen LogP contribution in [0.3, 0.4) is 0 Å². The molecule has 0 aromatic rings. The number of rotatable bonds is 31. The van der Waals surface area contributed by atoms with Crippen LogP contribution in [0.15, 0.2) is 24.3 Å². The summed E-state index contributed by atoms with van der Waals surface area (Å²) >= 11 is 0. The van der Waals surface area contributed by atoms with Crippen molar-refractivity contribution in [3.63, 3.8) is 0 Å². The second kappa shape index (κ2) is 24.1. The zero-order valence-corrected chi connectivity index (χ0v) is 38.0. The topological polar surface area (TPSA) is 104 Å². The quantitative estimate of drug-likeness (QED) is 0.0528. The van der Waals surface area contributed by atoms with Gasteiger partial charge in [-0.3, -0.25) is 0 Å². The van der Waals surface area contributed by atoms with Gasteiger partial charge in [0.2, 0.25) is 0 Å². The zero-order chi connectivity index (χ0) is 42.0. The molecule has 318 valence electrons. The van der Waals surface area contributed by atoms with E-state index in [1.807, 2.05) is 0 Å². The third kappa shape index (κ3) is 19.9. The predicted octanol–water partition coefficient (Wildman–Crippen LogP) is 9.48. The van der Waals surface area contributed by atoms with Gasteiger partial charge in [0.1, 0.15) is 0 Å². The summed E-state index contributed by atoms with van der Waals surface area (Å²) in [6, 6.07) is 0. The number of hydrogen-bond donors (Lipinski definition) is 2. The van der Waals surface area contributed by atoms with Gasteiger partial charge >= 0.3 is 11.9 Å². The Bertz CT molecular complexity index is 1140. The molecule has 0 bridgehead atoms. The molecular formula is C45H86N2O7. The van der Waals surface area contributed by atoms with Gasteiger partial charge in [0, 0.05) is 53.8 Å². The molecule has 0 saturated carbocycles. The van der Waals surface area contributed by atoms with Crippen molar-refractivity contribution >= 4 is 11.9 Å². The number of carbonyl (C=O) groups excluding carboxylic acids is 2. The normalized spacial score (nSPS) is 17.1. The molecule has 9 nitrogen and oxygen atoms in total. The smallest absolute Gasteiger partial charge is 0.333 e. The van der Waals surface area contributed by atoms with Gasteiger partial charge in [-0.15, -0.1) is 0 Å². The van der Waals surface area contributed by atoms with Crippen molar-refractivity contribution in [2.45, 2.75) is 172 Å². The van der Waals surface area contributed by atoms with Crippen molar-refractivity contribution in [3.05, 3.63) is 24.3 Å². The van der Waals surface area contributed by atoms with Crippen LogP contribution in [0.4, 0.5) is 0 Å². The highest BCUT2D eigenvalue weighted by atomic mass is 16.5. The summed E-state index contributed by atoms with van der Waals surface area (Å²) in [5.41, 5.74) is -0.362. The molecule has 0 heterocycles.